The summed E-state index contributed by atoms with van der Waals surface area (Å²) in [5, 5.41) is 5.55. The molecule has 0 radical (unpaired) electrons. The normalized spacial score (nSPS) is 10.4. The van der Waals surface area contributed by atoms with Crippen LogP contribution in [0.1, 0.15) is 15.9 Å². The topological polar surface area (TPSA) is 106 Å². The molecule has 2 aromatic heterocycles. The highest BCUT2D eigenvalue weighted by Gasteiger charge is 2.17. The van der Waals surface area contributed by atoms with Crippen LogP contribution in [0.15, 0.2) is 79.1 Å². The van der Waals surface area contributed by atoms with Crippen LogP contribution in [0.3, 0.4) is 0 Å². The molecule has 2 heterocycles. The number of pyridine rings is 1. The summed E-state index contributed by atoms with van der Waals surface area (Å²) in [4.78, 5) is 37.6. The lowest BCUT2D eigenvalue weighted by atomic mass is 10.1. The van der Waals surface area contributed by atoms with Crippen LogP contribution in [0, 0.1) is 6.92 Å². The number of ketones is 1. The Labute approximate surface area is 190 Å². The number of carbonyl (C=O) groups is 2. The minimum Gasteiger partial charge on any atom is -0.438 e. The number of amides is 1. The van der Waals surface area contributed by atoms with Gasteiger partial charge in [0.25, 0.3) is 11.7 Å². The monoisotopic (exact) mass is 439 g/mol. The molecular weight excluding hydrogens is 418 g/mol. The molecule has 0 aliphatic carbocycles. The van der Waals surface area contributed by atoms with Crippen molar-refractivity contribution in [3.63, 3.8) is 0 Å². The zero-order chi connectivity index (χ0) is 23.2. The third kappa shape index (κ3) is 5.01. The van der Waals surface area contributed by atoms with E-state index < -0.39 is 11.7 Å². The first kappa shape index (κ1) is 21.6. The van der Waals surface area contributed by atoms with Crippen LogP contribution in [0.4, 0.5) is 11.6 Å². The quantitative estimate of drug-likeness (QED) is 0.322. The standard InChI is InChI=1S/C25H21N5O3/c1-16-15-18(29-23(32)22(31)17-7-4-3-5-8-17)10-11-21(16)33-24-19(9-6-13-27-24)20-12-14-28-25(26-2)30-20/h3-15H,1-2H3,(H,29,32)(H,26,28,30). The smallest absolute Gasteiger partial charge is 0.296 e. The fourth-order valence-electron chi connectivity index (χ4n) is 3.15. The van der Waals surface area contributed by atoms with E-state index in [4.69, 9.17) is 4.74 Å². The zero-order valence-corrected chi connectivity index (χ0v) is 18.1. The van der Waals surface area contributed by atoms with Crippen molar-refractivity contribution in [2.45, 2.75) is 6.92 Å². The number of aryl methyl sites for hydroxylation is 1. The maximum absolute atomic E-state index is 12.3. The molecular formula is C25H21N5O3. The highest BCUT2D eigenvalue weighted by molar-refractivity contribution is 6.46. The summed E-state index contributed by atoms with van der Waals surface area (Å²) in [5.74, 6) is 0.133. The van der Waals surface area contributed by atoms with Gasteiger partial charge in [-0.2, -0.15) is 0 Å². The van der Waals surface area contributed by atoms with Gasteiger partial charge in [0, 0.05) is 30.7 Å². The molecule has 0 aliphatic rings. The Bertz CT molecular complexity index is 1310. The molecule has 4 rings (SSSR count). The Morgan fingerprint density at radius 3 is 2.48 bits per heavy atom. The summed E-state index contributed by atoms with van der Waals surface area (Å²) in [5.41, 5.74) is 2.96. The van der Waals surface area contributed by atoms with Crippen LogP contribution in [0.5, 0.6) is 11.6 Å². The summed E-state index contributed by atoms with van der Waals surface area (Å²) >= 11 is 0. The molecule has 0 fully saturated rings. The first-order valence-electron chi connectivity index (χ1n) is 10.2. The number of nitrogens with zero attached hydrogens (tertiary/aromatic N) is 3. The minimum absolute atomic E-state index is 0.334. The van der Waals surface area contributed by atoms with E-state index in [9.17, 15) is 9.59 Å². The van der Waals surface area contributed by atoms with Crippen LogP contribution in [0.2, 0.25) is 0 Å². The second-order valence-corrected chi connectivity index (χ2v) is 7.10. The van der Waals surface area contributed by atoms with E-state index in [1.165, 1.54) is 0 Å². The molecule has 164 valence electrons. The number of ether oxygens (including phenoxy) is 1. The predicted octanol–water partition coefficient (Wildman–Crippen LogP) is 4.50. The van der Waals surface area contributed by atoms with Gasteiger partial charge in [-0.3, -0.25) is 9.59 Å². The average molecular weight is 439 g/mol. The van der Waals surface area contributed by atoms with Crippen molar-refractivity contribution in [1.82, 2.24) is 15.0 Å². The Hall–Kier alpha value is -4.59. The van der Waals surface area contributed by atoms with Crippen molar-refractivity contribution >= 4 is 23.3 Å². The first-order valence-corrected chi connectivity index (χ1v) is 10.2. The van der Waals surface area contributed by atoms with E-state index in [1.807, 2.05) is 13.0 Å². The molecule has 0 spiro atoms. The summed E-state index contributed by atoms with van der Waals surface area (Å²) in [6, 6.07) is 19.0. The summed E-state index contributed by atoms with van der Waals surface area (Å²) in [6.45, 7) is 1.84. The van der Waals surface area contributed by atoms with Crippen LogP contribution in [-0.2, 0) is 4.79 Å². The van der Waals surface area contributed by atoms with Gasteiger partial charge in [-0.1, -0.05) is 30.3 Å². The third-order valence-electron chi connectivity index (χ3n) is 4.81. The highest BCUT2D eigenvalue weighted by atomic mass is 16.5. The number of rotatable bonds is 7. The van der Waals surface area contributed by atoms with Crippen molar-refractivity contribution in [3.8, 4) is 22.9 Å². The molecule has 33 heavy (non-hydrogen) atoms. The summed E-state index contributed by atoms with van der Waals surface area (Å²) in [6.07, 6.45) is 3.29. The molecule has 0 aliphatic heterocycles. The van der Waals surface area contributed by atoms with Crippen molar-refractivity contribution < 1.29 is 14.3 Å². The predicted molar refractivity (Wildman–Crippen MR) is 125 cm³/mol. The van der Waals surface area contributed by atoms with Crippen LogP contribution >= 0.6 is 0 Å². The Morgan fingerprint density at radius 1 is 0.909 bits per heavy atom. The van der Waals surface area contributed by atoms with E-state index in [0.717, 1.165) is 5.56 Å². The largest absolute Gasteiger partial charge is 0.438 e. The second kappa shape index (κ2) is 9.69. The molecule has 0 saturated heterocycles. The van der Waals surface area contributed by atoms with Gasteiger partial charge in [-0.25, -0.2) is 15.0 Å². The Kier molecular flexibility index (Phi) is 6.36. The van der Waals surface area contributed by atoms with Crippen molar-refractivity contribution in [2.75, 3.05) is 17.7 Å². The van der Waals surface area contributed by atoms with Gasteiger partial charge >= 0.3 is 0 Å². The number of Topliss-reactive ketones (excluding diaryl/α,β-unsaturated/α-hetero) is 1. The number of hydrogen-bond donors (Lipinski definition) is 2. The van der Waals surface area contributed by atoms with Gasteiger partial charge < -0.3 is 15.4 Å². The first-order chi connectivity index (χ1) is 16.0. The van der Waals surface area contributed by atoms with Gasteiger partial charge in [0.2, 0.25) is 11.8 Å². The Morgan fingerprint density at radius 2 is 1.73 bits per heavy atom. The molecule has 8 nitrogen and oxygen atoms in total. The number of hydrogen-bond acceptors (Lipinski definition) is 7. The number of nitrogens with one attached hydrogen (secondary N) is 2. The molecule has 4 aromatic rings. The highest BCUT2D eigenvalue weighted by Crippen LogP contribution is 2.32. The lowest BCUT2D eigenvalue weighted by Gasteiger charge is -2.13. The molecule has 2 N–H and O–H groups in total. The maximum Gasteiger partial charge on any atom is 0.296 e. The number of carbonyl (C=O) groups excluding carboxylic acids is 2. The number of anilines is 2. The van der Waals surface area contributed by atoms with E-state index in [2.05, 4.69) is 25.6 Å². The fraction of sp³-hybridized carbons (Fsp3) is 0.0800. The van der Waals surface area contributed by atoms with Gasteiger partial charge in [0.05, 0.1) is 11.3 Å². The van der Waals surface area contributed by atoms with Crippen molar-refractivity contribution in [1.29, 1.82) is 0 Å². The van der Waals surface area contributed by atoms with Crippen molar-refractivity contribution in [3.05, 3.63) is 90.3 Å². The number of aromatic nitrogens is 3. The molecule has 0 atom stereocenters. The molecule has 0 saturated carbocycles. The van der Waals surface area contributed by atoms with Crippen LogP contribution < -0.4 is 15.4 Å². The fourth-order valence-corrected chi connectivity index (χ4v) is 3.15. The molecule has 0 unspecified atom stereocenters. The van der Waals surface area contributed by atoms with Gasteiger partial charge in [0.15, 0.2) is 0 Å². The lowest BCUT2D eigenvalue weighted by Crippen LogP contribution is -2.22. The maximum atomic E-state index is 12.3. The Balaban J connectivity index is 1.53. The lowest BCUT2D eigenvalue weighted by molar-refractivity contribution is -0.112. The summed E-state index contributed by atoms with van der Waals surface area (Å²) in [7, 11) is 1.75. The van der Waals surface area contributed by atoms with E-state index >= 15 is 0 Å². The number of benzene rings is 2. The average Bonchev–Trinajstić information content (AvgIpc) is 2.86. The minimum atomic E-state index is -0.703. The van der Waals surface area contributed by atoms with Crippen LogP contribution in [-0.4, -0.2) is 33.7 Å². The molecule has 8 heteroatoms. The van der Waals surface area contributed by atoms with E-state index in [1.54, 1.807) is 80.1 Å². The molecule has 0 bridgehead atoms. The van der Waals surface area contributed by atoms with Crippen molar-refractivity contribution in [2.24, 2.45) is 0 Å². The van der Waals surface area contributed by atoms with Gasteiger partial charge in [-0.15, -0.1) is 0 Å². The summed E-state index contributed by atoms with van der Waals surface area (Å²) < 4.78 is 6.07. The van der Waals surface area contributed by atoms with Gasteiger partial charge in [0.1, 0.15) is 5.75 Å². The van der Waals surface area contributed by atoms with E-state index in [0.29, 0.717) is 40.1 Å². The molecule has 2 aromatic carbocycles. The van der Waals surface area contributed by atoms with Gasteiger partial charge in [-0.05, 0) is 48.9 Å². The van der Waals surface area contributed by atoms with Crippen LogP contribution in [0.25, 0.3) is 11.3 Å². The van der Waals surface area contributed by atoms with E-state index in [-0.39, 0.29) is 0 Å². The molecule has 1 amide bonds. The third-order valence-corrected chi connectivity index (χ3v) is 4.81. The second-order valence-electron chi connectivity index (χ2n) is 7.10. The zero-order valence-electron chi connectivity index (χ0n) is 18.1. The SMILES string of the molecule is CNc1nccc(-c2cccnc2Oc2ccc(NC(=O)C(=O)c3ccccc3)cc2C)n1.